The van der Waals surface area contributed by atoms with Crippen molar-refractivity contribution in [3.63, 3.8) is 0 Å². The summed E-state index contributed by atoms with van der Waals surface area (Å²) >= 11 is 0. The van der Waals surface area contributed by atoms with Gasteiger partial charge in [-0.05, 0) is 12.8 Å². The molecule has 94 valence electrons. The maximum absolute atomic E-state index is 11.2. The summed E-state index contributed by atoms with van der Waals surface area (Å²) in [6, 6.07) is 0. The summed E-state index contributed by atoms with van der Waals surface area (Å²) in [4.78, 5) is 22.0. The highest BCUT2D eigenvalue weighted by Crippen LogP contribution is 2.04. The van der Waals surface area contributed by atoms with Crippen LogP contribution in [0.5, 0.6) is 0 Å². The highest BCUT2D eigenvalue weighted by Gasteiger charge is 2.16. The van der Waals surface area contributed by atoms with E-state index >= 15 is 0 Å². The van der Waals surface area contributed by atoms with E-state index in [1.807, 2.05) is 13.8 Å². The predicted octanol–water partition coefficient (Wildman–Crippen LogP) is 1.03. The summed E-state index contributed by atoms with van der Waals surface area (Å²) in [6.45, 7) is 4.61. The van der Waals surface area contributed by atoms with Crippen LogP contribution in [0, 0.1) is 5.92 Å². The molecule has 2 N–H and O–H groups in total. The van der Waals surface area contributed by atoms with Gasteiger partial charge in [0.25, 0.3) is 0 Å². The molecule has 1 atom stereocenters. The Balaban J connectivity index is 3.74. The Morgan fingerprint density at radius 1 is 1.31 bits per heavy atom. The van der Waals surface area contributed by atoms with Crippen molar-refractivity contribution in [2.75, 3.05) is 19.8 Å². The number of carbonyl (C=O) groups is 2. The van der Waals surface area contributed by atoms with Gasteiger partial charge in [-0.2, -0.15) is 0 Å². The number of carbonyl (C=O) groups excluding carboxylic acids is 1. The van der Waals surface area contributed by atoms with Crippen LogP contribution in [0.3, 0.4) is 0 Å². The quantitative estimate of drug-likeness (QED) is 0.581. The van der Waals surface area contributed by atoms with Crippen molar-refractivity contribution in [1.82, 2.24) is 5.32 Å². The van der Waals surface area contributed by atoms with E-state index in [0.717, 1.165) is 12.8 Å². The molecule has 0 heterocycles. The van der Waals surface area contributed by atoms with Gasteiger partial charge in [0.2, 0.25) is 5.91 Å². The van der Waals surface area contributed by atoms with Crippen molar-refractivity contribution in [2.24, 2.45) is 5.92 Å². The number of aliphatic carboxylic acids is 1. The molecule has 1 amide bonds. The lowest BCUT2D eigenvalue weighted by atomic mass is 10.0. The van der Waals surface area contributed by atoms with Crippen molar-refractivity contribution in [3.8, 4) is 0 Å². The number of ether oxygens (including phenoxy) is 1. The van der Waals surface area contributed by atoms with Crippen molar-refractivity contribution in [2.45, 2.75) is 33.1 Å². The van der Waals surface area contributed by atoms with E-state index in [-0.39, 0.29) is 19.1 Å². The van der Waals surface area contributed by atoms with Crippen LogP contribution in [-0.4, -0.2) is 36.7 Å². The lowest BCUT2D eigenvalue weighted by molar-refractivity contribution is -0.142. The molecule has 0 saturated carbocycles. The minimum Gasteiger partial charge on any atom is -0.481 e. The molecule has 0 aliphatic heterocycles. The van der Waals surface area contributed by atoms with Crippen LogP contribution in [0.4, 0.5) is 0 Å². The predicted molar refractivity (Wildman–Crippen MR) is 60.2 cm³/mol. The van der Waals surface area contributed by atoms with Gasteiger partial charge in [0, 0.05) is 13.2 Å². The van der Waals surface area contributed by atoms with Crippen molar-refractivity contribution < 1.29 is 19.4 Å². The summed E-state index contributed by atoms with van der Waals surface area (Å²) in [7, 11) is 0. The molecule has 0 aliphatic rings. The minimum atomic E-state index is -0.864. The SMILES string of the molecule is CCCOCC(=O)NCC(CCC)C(=O)O. The zero-order valence-corrected chi connectivity index (χ0v) is 9.99. The van der Waals surface area contributed by atoms with E-state index in [1.165, 1.54) is 0 Å². The fraction of sp³-hybridized carbons (Fsp3) is 0.818. The van der Waals surface area contributed by atoms with Gasteiger partial charge in [-0.3, -0.25) is 9.59 Å². The smallest absolute Gasteiger partial charge is 0.308 e. The van der Waals surface area contributed by atoms with Gasteiger partial charge in [-0.15, -0.1) is 0 Å². The van der Waals surface area contributed by atoms with Gasteiger partial charge in [0.1, 0.15) is 6.61 Å². The number of carboxylic acids is 1. The van der Waals surface area contributed by atoms with Crippen molar-refractivity contribution in [3.05, 3.63) is 0 Å². The van der Waals surface area contributed by atoms with Crippen LogP contribution in [0.2, 0.25) is 0 Å². The second kappa shape index (κ2) is 9.15. The van der Waals surface area contributed by atoms with Crippen molar-refractivity contribution in [1.29, 1.82) is 0 Å². The Labute approximate surface area is 96.2 Å². The van der Waals surface area contributed by atoms with Crippen LogP contribution in [0.15, 0.2) is 0 Å². The summed E-state index contributed by atoms with van der Waals surface area (Å²) in [6.07, 6.45) is 2.23. The van der Waals surface area contributed by atoms with E-state index in [0.29, 0.717) is 13.0 Å². The minimum absolute atomic E-state index is 0.00625. The standard InChI is InChI=1S/C11H21NO4/c1-3-5-9(11(14)15)7-12-10(13)8-16-6-4-2/h9H,3-8H2,1-2H3,(H,12,13)(H,14,15). The first kappa shape index (κ1) is 14.9. The Hall–Kier alpha value is -1.10. The molecule has 16 heavy (non-hydrogen) atoms. The topological polar surface area (TPSA) is 75.6 Å². The highest BCUT2D eigenvalue weighted by atomic mass is 16.5. The summed E-state index contributed by atoms with van der Waals surface area (Å²) in [5.74, 6) is -1.62. The van der Waals surface area contributed by atoms with Gasteiger partial charge in [0.15, 0.2) is 0 Å². The third-order valence-corrected chi connectivity index (χ3v) is 2.11. The van der Waals surface area contributed by atoms with Gasteiger partial charge in [-0.25, -0.2) is 0 Å². The van der Waals surface area contributed by atoms with Crippen LogP contribution in [-0.2, 0) is 14.3 Å². The molecule has 0 aromatic carbocycles. The first-order chi connectivity index (χ1) is 7.61. The second-order valence-electron chi connectivity index (χ2n) is 3.68. The van der Waals surface area contributed by atoms with Gasteiger partial charge in [0.05, 0.1) is 5.92 Å². The van der Waals surface area contributed by atoms with Crippen LogP contribution < -0.4 is 5.32 Å². The monoisotopic (exact) mass is 231 g/mol. The molecule has 0 aliphatic carbocycles. The average Bonchev–Trinajstić information content (AvgIpc) is 2.24. The maximum atomic E-state index is 11.2. The van der Waals surface area contributed by atoms with E-state index in [4.69, 9.17) is 9.84 Å². The molecule has 0 spiro atoms. The largest absolute Gasteiger partial charge is 0.481 e. The van der Waals surface area contributed by atoms with E-state index in [9.17, 15) is 9.59 Å². The Bertz CT molecular complexity index is 218. The summed E-state index contributed by atoms with van der Waals surface area (Å²) in [5, 5.41) is 11.4. The molecule has 0 aromatic heterocycles. The molecule has 0 radical (unpaired) electrons. The molecule has 1 unspecified atom stereocenters. The molecular formula is C11H21NO4. The fourth-order valence-electron chi connectivity index (χ4n) is 1.26. The van der Waals surface area contributed by atoms with Crippen molar-refractivity contribution >= 4 is 11.9 Å². The molecule has 0 fully saturated rings. The molecule has 5 heteroatoms. The zero-order chi connectivity index (χ0) is 12.4. The van der Waals surface area contributed by atoms with E-state index in [2.05, 4.69) is 5.32 Å². The van der Waals surface area contributed by atoms with E-state index in [1.54, 1.807) is 0 Å². The number of hydrogen-bond donors (Lipinski definition) is 2. The average molecular weight is 231 g/mol. The van der Waals surface area contributed by atoms with Gasteiger partial charge in [-0.1, -0.05) is 20.3 Å². The molecule has 0 aromatic rings. The molecule has 0 saturated heterocycles. The summed E-state index contributed by atoms with van der Waals surface area (Å²) in [5.41, 5.74) is 0. The molecular weight excluding hydrogens is 210 g/mol. The maximum Gasteiger partial charge on any atom is 0.308 e. The number of amides is 1. The number of rotatable bonds is 9. The van der Waals surface area contributed by atoms with Crippen LogP contribution in [0.1, 0.15) is 33.1 Å². The molecule has 0 rings (SSSR count). The Morgan fingerprint density at radius 2 is 2.00 bits per heavy atom. The van der Waals surface area contributed by atoms with Gasteiger partial charge < -0.3 is 15.2 Å². The lowest BCUT2D eigenvalue weighted by Crippen LogP contribution is -2.35. The second-order valence-corrected chi connectivity index (χ2v) is 3.68. The van der Waals surface area contributed by atoms with Gasteiger partial charge >= 0.3 is 5.97 Å². The Morgan fingerprint density at radius 3 is 2.50 bits per heavy atom. The normalized spacial score (nSPS) is 12.1. The van der Waals surface area contributed by atoms with E-state index < -0.39 is 11.9 Å². The number of nitrogens with one attached hydrogen (secondary N) is 1. The first-order valence-electron chi connectivity index (χ1n) is 5.69. The third-order valence-electron chi connectivity index (χ3n) is 2.11. The fourth-order valence-corrected chi connectivity index (χ4v) is 1.26. The number of carboxylic acid groups (broad SMARTS) is 1. The summed E-state index contributed by atoms with van der Waals surface area (Å²) < 4.78 is 5.04. The highest BCUT2D eigenvalue weighted by molar-refractivity contribution is 5.78. The zero-order valence-electron chi connectivity index (χ0n) is 9.99. The Kier molecular flexibility index (Phi) is 8.52. The van der Waals surface area contributed by atoms with Crippen LogP contribution in [0.25, 0.3) is 0 Å². The molecule has 5 nitrogen and oxygen atoms in total. The molecule has 0 bridgehead atoms. The lowest BCUT2D eigenvalue weighted by Gasteiger charge is -2.12. The van der Waals surface area contributed by atoms with Crippen LogP contribution >= 0.6 is 0 Å². The number of hydrogen-bond acceptors (Lipinski definition) is 3. The first-order valence-corrected chi connectivity index (χ1v) is 5.69. The third kappa shape index (κ3) is 7.23.